The molecule has 4 rings (SSSR count). The number of piperidine rings is 1. The van der Waals surface area contributed by atoms with Crippen LogP contribution in [0.4, 0.5) is 18.9 Å². The molecule has 1 aromatic heterocycles. The zero-order valence-corrected chi connectivity index (χ0v) is 18.3. The third kappa shape index (κ3) is 5.22. The van der Waals surface area contributed by atoms with Crippen LogP contribution in [-0.2, 0) is 4.79 Å². The number of nitrogens with one attached hydrogen (secondary N) is 2. The molecule has 2 amide bonds. The Labute approximate surface area is 191 Å². The predicted octanol–water partition coefficient (Wildman–Crippen LogP) is 5.12. The van der Waals surface area contributed by atoms with Gasteiger partial charge in [-0.15, -0.1) is 13.2 Å². The number of nitrogens with zero attached hydrogens (tertiary/aromatic N) is 2. The SMILES string of the molecule is C[C@H](NC(=O)c1ccc(N2CCCCC2=O)c(OC(F)(F)F)c1)c1nc2ccc(Cl)cc2[nH]1. The molecule has 0 spiro atoms. The molecule has 7 nitrogen and oxygen atoms in total. The van der Waals surface area contributed by atoms with Gasteiger partial charge in [-0.2, -0.15) is 0 Å². The number of fused-ring (bicyclic) bond motifs is 1. The van der Waals surface area contributed by atoms with Crippen molar-refractivity contribution >= 4 is 40.1 Å². The van der Waals surface area contributed by atoms with Crippen molar-refractivity contribution in [2.75, 3.05) is 11.4 Å². The first-order valence-corrected chi connectivity index (χ1v) is 10.6. The first kappa shape index (κ1) is 22.9. The van der Waals surface area contributed by atoms with E-state index in [0.717, 1.165) is 6.07 Å². The van der Waals surface area contributed by atoms with Crippen molar-refractivity contribution in [3.05, 3.63) is 52.8 Å². The number of imidazole rings is 1. The van der Waals surface area contributed by atoms with Crippen molar-refractivity contribution in [1.29, 1.82) is 0 Å². The maximum atomic E-state index is 13.0. The largest absolute Gasteiger partial charge is 0.573 e. The highest BCUT2D eigenvalue weighted by molar-refractivity contribution is 6.31. The third-order valence-electron chi connectivity index (χ3n) is 5.28. The Balaban J connectivity index is 1.58. The van der Waals surface area contributed by atoms with E-state index in [4.69, 9.17) is 11.6 Å². The average Bonchev–Trinajstić information content (AvgIpc) is 3.16. The zero-order chi connectivity index (χ0) is 23.8. The van der Waals surface area contributed by atoms with Gasteiger partial charge in [0.25, 0.3) is 5.91 Å². The lowest BCUT2D eigenvalue weighted by molar-refractivity contribution is -0.274. The molecule has 0 aliphatic carbocycles. The van der Waals surface area contributed by atoms with E-state index in [2.05, 4.69) is 20.0 Å². The smallest absolute Gasteiger partial charge is 0.404 e. The summed E-state index contributed by atoms with van der Waals surface area (Å²) >= 11 is 5.98. The minimum absolute atomic E-state index is 0.0178. The van der Waals surface area contributed by atoms with Crippen LogP contribution in [0.5, 0.6) is 5.75 Å². The lowest BCUT2D eigenvalue weighted by atomic mass is 10.1. The molecule has 1 aliphatic heterocycles. The Bertz CT molecular complexity index is 1210. The van der Waals surface area contributed by atoms with E-state index in [1.807, 2.05) is 0 Å². The maximum absolute atomic E-state index is 13.0. The van der Waals surface area contributed by atoms with E-state index in [1.165, 1.54) is 17.0 Å². The molecule has 2 heterocycles. The number of ether oxygens (including phenoxy) is 1. The number of hydrogen-bond acceptors (Lipinski definition) is 4. The monoisotopic (exact) mass is 480 g/mol. The first-order valence-electron chi connectivity index (χ1n) is 10.3. The van der Waals surface area contributed by atoms with Crippen LogP contribution in [0.1, 0.15) is 48.4 Å². The minimum atomic E-state index is -4.98. The second kappa shape index (κ2) is 8.93. The molecule has 1 fully saturated rings. The van der Waals surface area contributed by atoms with E-state index >= 15 is 0 Å². The number of carbonyl (C=O) groups excluding carboxylic acids is 2. The molecule has 2 aromatic carbocycles. The zero-order valence-electron chi connectivity index (χ0n) is 17.5. The van der Waals surface area contributed by atoms with Crippen LogP contribution in [0, 0.1) is 0 Å². The van der Waals surface area contributed by atoms with Crippen LogP contribution in [0.25, 0.3) is 11.0 Å². The second-order valence-corrected chi connectivity index (χ2v) is 8.15. The van der Waals surface area contributed by atoms with Gasteiger partial charge in [-0.1, -0.05) is 11.6 Å². The Morgan fingerprint density at radius 1 is 1.24 bits per heavy atom. The molecular weight excluding hydrogens is 461 g/mol. The standard InChI is InChI=1S/C22H20ClF3N4O3/c1-12(20-28-15-7-6-14(23)11-16(15)29-20)27-21(32)13-5-8-17(18(10-13)33-22(24,25)26)30-9-3-2-4-19(30)31/h5-8,10-12H,2-4,9H2,1H3,(H,27,32)(H,28,29)/t12-/m0/s1. The molecule has 0 bridgehead atoms. The molecule has 2 N–H and O–H groups in total. The maximum Gasteiger partial charge on any atom is 0.573 e. The van der Waals surface area contributed by atoms with Gasteiger partial charge >= 0.3 is 6.36 Å². The fourth-order valence-corrected chi connectivity index (χ4v) is 3.87. The summed E-state index contributed by atoms with van der Waals surface area (Å²) < 4.78 is 43.3. The lowest BCUT2D eigenvalue weighted by Crippen LogP contribution is -2.36. The van der Waals surface area contributed by atoms with Crippen LogP contribution in [0.2, 0.25) is 5.02 Å². The normalized spacial score (nSPS) is 15.5. The fraction of sp³-hybridized carbons (Fsp3) is 0.318. The highest BCUT2D eigenvalue weighted by Gasteiger charge is 2.34. The number of H-pyrrole nitrogens is 1. The molecule has 174 valence electrons. The van der Waals surface area contributed by atoms with Gasteiger partial charge < -0.3 is 19.9 Å². The van der Waals surface area contributed by atoms with Crippen molar-refractivity contribution < 1.29 is 27.5 Å². The van der Waals surface area contributed by atoms with E-state index in [-0.39, 0.29) is 30.1 Å². The Kier molecular flexibility index (Phi) is 6.20. The number of halogens is 4. The minimum Gasteiger partial charge on any atom is -0.404 e. The number of amides is 2. The molecule has 1 aliphatic rings. The molecule has 0 saturated carbocycles. The number of carbonyl (C=O) groups is 2. The summed E-state index contributed by atoms with van der Waals surface area (Å²) in [7, 11) is 0. The number of aromatic amines is 1. The molecule has 0 unspecified atom stereocenters. The van der Waals surface area contributed by atoms with Crippen molar-refractivity contribution in [2.24, 2.45) is 0 Å². The number of aromatic nitrogens is 2. The fourth-order valence-electron chi connectivity index (χ4n) is 3.70. The first-order chi connectivity index (χ1) is 15.6. The predicted molar refractivity (Wildman–Crippen MR) is 116 cm³/mol. The lowest BCUT2D eigenvalue weighted by Gasteiger charge is -2.28. The third-order valence-corrected chi connectivity index (χ3v) is 5.52. The van der Waals surface area contributed by atoms with Gasteiger partial charge in [-0.25, -0.2) is 4.98 Å². The Morgan fingerprint density at radius 2 is 2.03 bits per heavy atom. The molecule has 1 saturated heterocycles. The summed E-state index contributed by atoms with van der Waals surface area (Å²) in [4.78, 5) is 33.7. The Morgan fingerprint density at radius 3 is 2.76 bits per heavy atom. The molecule has 1 atom stereocenters. The van der Waals surface area contributed by atoms with Crippen LogP contribution in [0.3, 0.4) is 0 Å². The molecule has 33 heavy (non-hydrogen) atoms. The van der Waals surface area contributed by atoms with Gasteiger partial charge in [0.05, 0.1) is 22.8 Å². The van der Waals surface area contributed by atoms with Crippen molar-refractivity contribution in [3.8, 4) is 5.75 Å². The average molecular weight is 481 g/mol. The van der Waals surface area contributed by atoms with Gasteiger partial charge in [0.15, 0.2) is 5.75 Å². The van der Waals surface area contributed by atoms with E-state index in [0.29, 0.717) is 34.7 Å². The van der Waals surface area contributed by atoms with Gasteiger partial charge in [-0.3, -0.25) is 9.59 Å². The summed E-state index contributed by atoms with van der Waals surface area (Å²) in [5.41, 5.74) is 1.28. The molecule has 0 radical (unpaired) electrons. The number of rotatable bonds is 5. The van der Waals surface area contributed by atoms with E-state index < -0.39 is 24.1 Å². The van der Waals surface area contributed by atoms with Crippen LogP contribution in [0.15, 0.2) is 36.4 Å². The van der Waals surface area contributed by atoms with Crippen LogP contribution in [-0.4, -0.2) is 34.7 Å². The summed E-state index contributed by atoms with van der Waals surface area (Å²) in [6, 6.07) is 8.20. The van der Waals surface area contributed by atoms with E-state index in [1.54, 1.807) is 25.1 Å². The summed E-state index contributed by atoms with van der Waals surface area (Å²) in [5, 5.41) is 3.23. The molecule has 3 aromatic rings. The highest BCUT2D eigenvalue weighted by Crippen LogP contribution is 2.36. The van der Waals surface area contributed by atoms with Gasteiger partial charge in [-0.05, 0) is 56.2 Å². The number of anilines is 1. The number of benzene rings is 2. The second-order valence-electron chi connectivity index (χ2n) is 7.71. The number of hydrogen-bond donors (Lipinski definition) is 2. The quantitative estimate of drug-likeness (QED) is 0.530. The Hall–Kier alpha value is -3.27. The molecular formula is C22H20ClF3N4O3. The van der Waals surface area contributed by atoms with Crippen molar-refractivity contribution in [2.45, 2.75) is 38.6 Å². The number of alkyl halides is 3. The van der Waals surface area contributed by atoms with Crippen molar-refractivity contribution in [1.82, 2.24) is 15.3 Å². The van der Waals surface area contributed by atoms with Crippen LogP contribution < -0.4 is 15.0 Å². The summed E-state index contributed by atoms with van der Waals surface area (Å²) in [6.07, 6.45) is -3.39. The van der Waals surface area contributed by atoms with Gasteiger partial charge in [0.2, 0.25) is 5.91 Å². The van der Waals surface area contributed by atoms with Gasteiger partial charge in [0.1, 0.15) is 5.82 Å². The molecule has 11 heteroatoms. The van der Waals surface area contributed by atoms with Gasteiger partial charge in [0, 0.05) is 23.6 Å². The summed E-state index contributed by atoms with van der Waals surface area (Å²) in [6.45, 7) is 1.97. The van der Waals surface area contributed by atoms with Crippen molar-refractivity contribution in [3.63, 3.8) is 0 Å². The topological polar surface area (TPSA) is 87.3 Å². The van der Waals surface area contributed by atoms with E-state index in [9.17, 15) is 22.8 Å². The highest BCUT2D eigenvalue weighted by atomic mass is 35.5. The van der Waals surface area contributed by atoms with Crippen LogP contribution >= 0.6 is 11.6 Å². The summed E-state index contributed by atoms with van der Waals surface area (Å²) in [5.74, 6) is -1.05.